The Morgan fingerprint density at radius 3 is 2.14 bits per heavy atom. The van der Waals surface area contributed by atoms with Gasteiger partial charge in [0.05, 0.1) is 0 Å². The van der Waals surface area contributed by atoms with Crippen molar-refractivity contribution >= 4 is 8.24 Å². The Morgan fingerprint density at radius 1 is 0.931 bits per heavy atom. The highest BCUT2D eigenvalue weighted by atomic mass is 31.1. The van der Waals surface area contributed by atoms with Crippen LogP contribution in [0.25, 0.3) is 0 Å². The zero-order chi connectivity index (χ0) is 20.5. The van der Waals surface area contributed by atoms with E-state index in [1.54, 1.807) is 6.26 Å². The van der Waals surface area contributed by atoms with E-state index >= 15 is 0 Å². The minimum absolute atomic E-state index is 0.547. The second kappa shape index (κ2) is 11.6. The highest BCUT2D eigenvalue weighted by molar-refractivity contribution is 7.31. The first-order chi connectivity index (χ1) is 14.2. The zero-order valence-electron chi connectivity index (χ0n) is 18.4. The van der Waals surface area contributed by atoms with Crippen LogP contribution in [-0.4, -0.2) is 0 Å². The lowest BCUT2D eigenvalue weighted by Gasteiger charge is -2.16. The summed E-state index contributed by atoms with van der Waals surface area (Å²) < 4.78 is 18.5. The van der Waals surface area contributed by atoms with Gasteiger partial charge < -0.3 is 12.9 Å². The third-order valence-electron chi connectivity index (χ3n) is 5.53. The quantitative estimate of drug-likeness (QED) is 0.347. The molecule has 4 heteroatoms. The van der Waals surface area contributed by atoms with Crippen molar-refractivity contribution in [3.63, 3.8) is 0 Å². The molecule has 160 valence electrons. The molecule has 1 aliphatic rings. The lowest BCUT2D eigenvalue weighted by molar-refractivity contribution is 0.450. The average molecular weight is 417 g/mol. The summed E-state index contributed by atoms with van der Waals surface area (Å²) in [6.07, 6.45) is 14.6. The SMILES string of the molecule is CCCCc1cc(CCCC)c(Op2occcc(C3CC3)o2)c(CCCC)c1. The zero-order valence-corrected chi connectivity index (χ0v) is 19.3. The molecule has 0 saturated heterocycles. The third kappa shape index (κ3) is 6.71. The summed E-state index contributed by atoms with van der Waals surface area (Å²) in [5.41, 5.74) is 4.10. The molecule has 1 aromatic carbocycles. The van der Waals surface area contributed by atoms with Crippen molar-refractivity contribution < 1.29 is 12.9 Å². The van der Waals surface area contributed by atoms with Crippen LogP contribution in [0.2, 0.25) is 0 Å². The van der Waals surface area contributed by atoms with Gasteiger partial charge in [0.2, 0.25) is 0 Å². The number of aryl methyl sites for hydroxylation is 3. The van der Waals surface area contributed by atoms with Crippen LogP contribution < -0.4 is 4.52 Å². The summed E-state index contributed by atoms with van der Waals surface area (Å²) in [6, 6.07) is 8.71. The van der Waals surface area contributed by atoms with Crippen LogP contribution in [0.3, 0.4) is 0 Å². The Hall–Kier alpha value is -1.60. The maximum atomic E-state index is 6.49. The highest BCUT2D eigenvalue weighted by Gasteiger charge is 2.26. The van der Waals surface area contributed by atoms with Gasteiger partial charge in [-0.1, -0.05) is 52.2 Å². The molecule has 0 amide bonds. The number of hydrogen-bond donors (Lipinski definition) is 0. The molecule has 0 N–H and O–H groups in total. The molecule has 1 aliphatic carbocycles. The van der Waals surface area contributed by atoms with E-state index in [2.05, 4.69) is 32.9 Å². The van der Waals surface area contributed by atoms with Crippen molar-refractivity contribution in [3.05, 3.63) is 53.0 Å². The van der Waals surface area contributed by atoms with Crippen molar-refractivity contribution in [1.82, 2.24) is 0 Å². The summed E-state index contributed by atoms with van der Waals surface area (Å²) in [5, 5.41) is 0. The topological polar surface area (TPSA) is 35.5 Å². The summed E-state index contributed by atoms with van der Waals surface area (Å²) in [5.74, 6) is 2.59. The molecule has 0 radical (unpaired) electrons. The molecule has 2 aromatic rings. The Balaban J connectivity index is 1.97. The summed E-state index contributed by atoms with van der Waals surface area (Å²) in [6.45, 7) is 6.76. The normalized spacial score (nSPS) is 14.1. The first-order valence-electron chi connectivity index (χ1n) is 11.6. The van der Waals surface area contributed by atoms with Gasteiger partial charge in [0.15, 0.2) is 0 Å². The van der Waals surface area contributed by atoms with Crippen LogP contribution in [-0.2, 0) is 19.3 Å². The minimum Gasteiger partial charge on any atom is -0.399 e. The fourth-order valence-electron chi connectivity index (χ4n) is 3.63. The molecule has 0 bridgehead atoms. The molecule has 0 aliphatic heterocycles. The van der Waals surface area contributed by atoms with Crippen LogP contribution in [0.5, 0.6) is 5.75 Å². The van der Waals surface area contributed by atoms with E-state index in [1.807, 2.05) is 12.1 Å². The summed E-state index contributed by atoms with van der Waals surface area (Å²) >= 11 is 0. The lowest BCUT2D eigenvalue weighted by atomic mass is 9.95. The van der Waals surface area contributed by atoms with E-state index in [-0.39, 0.29) is 0 Å². The van der Waals surface area contributed by atoms with Crippen molar-refractivity contribution in [2.24, 2.45) is 0 Å². The predicted octanol–water partition coefficient (Wildman–Crippen LogP) is 8.73. The van der Waals surface area contributed by atoms with Crippen LogP contribution in [0.4, 0.5) is 0 Å². The molecular weight excluding hydrogens is 379 g/mol. The monoisotopic (exact) mass is 416 g/mol. The first-order valence-corrected chi connectivity index (χ1v) is 12.7. The molecule has 1 saturated carbocycles. The van der Waals surface area contributed by atoms with Crippen LogP contribution in [0.1, 0.15) is 101 Å². The molecule has 1 fully saturated rings. The summed E-state index contributed by atoms with van der Waals surface area (Å²) in [7, 11) is -1.44. The Bertz CT molecular complexity index is 764. The third-order valence-corrected chi connectivity index (χ3v) is 6.52. The van der Waals surface area contributed by atoms with E-state index in [1.165, 1.54) is 68.1 Å². The van der Waals surface area contributed by atoms with E-state index in [0.717, 1.165) is 30.8 Å². The number of unbranched alkanes of at least 4 members (excludes halogenated alkanes) is 3. The van der Waals surface area contributed by atoms with Gasteiger partial charge in [0.25, 0.3) is 0 Å². The average Bonchev–Trinajstić information content (AvgIpc) is 3.57. The number of benzene rings is 1. The van der Waals surface area contributed by atoms with E-state index in [4.69, 9.17) is 12.9 Å². The van der Waals surface area contributed by atoms with E-state index < -0.39 is 8.24 Å². The van der Waals surface area contributed by atoms with Gasteiger partial charge in [0, 0.05) is 5.92 Å². The van der Waals surface area contributed by atoms with Gasteiger partial charge in [-0.15, -0.1) is 0 Å². The van der Waals surface area contributed by atoms with Crippen LogP contribution >= 0.6 is 8.24 Å². The number of hydrogen-bond acceptors (Lipinski definition) is 3. The Labute approximate surface area is 177 Å². The lowest BCUT2D eigenvalue weighted by Crippen LogP contribution is -2.00. The van der Waals surface area contributed by atoms with E-state index in [9.17, 15) is 0 Å². The largest absolute Gasteiger partial charge is 0.452 e. The van der Waals surface area contributed by atoms with Crippen molar-refractivity contribution in [2.75, 3.05) is 0 Å². The predicted molar refractivity (Wildman–Crippen MR) is 122 cm³/mol. The van der Waals surface area contributed by atoms with Crippen LogP contribution in [0.15, 0.2) is 38.9 Å². The molecule has 1 heterocycles. The molecule has 0 spiro atoms. The van der Waals surface area contributed by atoms with Gasteiger partial charge in [-0.05, 0) is 80.2 Å². The van der Waals surface area contributed by atoms with Gasteiger partial charge in [-0.2, -0.15) is 0 Å². The van der Waals surface area contributed by atoms with Gasteiger partial charge in [-0.3, -0.25) is 0 Å². The summed E-state index contributed by atoms with van der Waals surface area (Å²) in [4.78, 5) is 0. The van der Waals surface area contributed by atoms with Gasteiger partial charge >= 0.3 is 8.24 Å². The van der Waals surface area contributed by atoms with E-state index in [0.29, 0.717) is 5.92 Å². The molecule has 3 nitrogen and oxygen atoms in total. The Morgan fingerprint density at radius 2 is 1.55 bits per heavy atom. The number of rotatable bonds is 12. The standard InChI is InChI=1S/C25H37O3P/c1-4-7-11-20-18-22(12-8-5-2)25(23(19-20)13-9-6-3)28-29-26-17-10-14-24(27-29)21-15-16-21/h10,14,17-19,21H,4-9,11-13,15-16H2,1-3H3. The minimum atomic E-state index is -1.44. The molecule has 1 atom stereocenters. The van der Waals surface area contributed by atoms with Gasteiger partial charge in [-0.25, -0.2) is 0 Å². The van der Waals surface area contributed by atoms with Gasteiger partial charge in [0.1, 0.15) is 17.8 Å². The highest BCUT2D eigenvalue weighted by Crippen LogP contribution is 2.44. The van der Waals surface area contributed by atoms with Crippen molar-refractivity contribution in [3.8, 4) is 5.75 Å². The second-order valence-electron chi connectivity index (χ2n) is 8.24. The molecule has 3 rings (SSSR count). The fraction of sp³-hybridized carbons (Fsp3) is 0.600. The van der Waals surface area contributed by atoms with Crippen molar-refractivity contribution in [2.45, 2.75) is 97.3 Å². The van der Waals surface area contributed by atoms with Crippen molar-refractivity contribution in [1.29, 1.82) is 0 Å². The fourth-order valence-corrected chi connectivity index (χ4v) is 4.68. The maximum Gasteiger partial charge on any atom is 0.452 e. The first kappa shape index (κ1) is 22.1. The maximum absolute atomic E-state index is 6.49. The molecule has 1 aromatic heterocycles. The molecule has 29 heavy (non-hydrogen) atoms. The smallest absolute Gasteiger partial charge is 0.399 e. The van der Waals surface area contributed by atoms with Crippen LogP contribution in [0, 0.1) is 0 Å². The second-order valence-corrected chi connectivity index (χ2v) is 9.26. The Kier molecular flexibility index (Phi) is 8.80. The molecular formula is C25H37O3P. The molecule has 1 unspecified atom stereocenters.